The average molecular weight is 229 g/mol. The summed E-state index contributed by atoms with van der Waals surface area (Å²) in [6.45, 7) is 1.88. The molecule has 4 nitrogen and oxygen atoms in total. The smallest absolute Gasteiger partial charge is 0.118 e. The molecule has 2 aromatic rings. The fourth-order valence-electron chi connectivity index (χ4n) is 2.05. The Morgan fingerprint density at radius 2 is 2.06 bits per heavy atom. The predicted octanol–water partition coefficient (Wildman–Crippen LogP) is 1.30. The number of imidazole rings is 1. The van der Waals surface area contributed by atoms with Crippen LogP contribution in [-0.4, -0.2) is 29.7 Å². The molecule has 1 fully saturated rings. The zero-order chi connectivity index (χ0) is 11.7. The highest BCUT2D eigenvalue weighted by atomic mass is 16.5. The molecule has 3 rings (SSSR count). The molecule has 88 valence electrons. The molecule has 3 N–H and O–H groups in total. The van der Waals surface area contributed by atoms with Crippen LogP contribution < -0.4 is 5.73 Å². The first kappa shape index (κ1) is 10.5. The number of aromatic amines is 1. The Morgan fingerprint density at radius 3 is 2.65 bits per heavy atom. The monoisotopic (exact) mass is 229 g/mol. The highest BCUT2D eigenvalue weighted by Gasteiger charge is 2.41. The number of rotatable bonds is 3. The molecule has 4 heteroatoms. The van der Waals surface area contributed by atoms with Gasteiger partial charge in [0.05, 0.1) is 30.5 Å². The standard InChI is InChI=1S/C13H15N3O/c14-7-13(8-17-9-13)12-15-6-11(16-12)10-4-2-1-3-5-10/h1-6H,7-9,14H2,(H,15,16). The van der Waals surface area contributed by atoms with E-state index in [1.165, 1.54) is 0 Å². The number of nitrogens with two attached hydrogens (primary N) is 1. The van der Waals surface area contributed by atoms with Gasteiger partial charge in [0.2, 0.25) is 0 Å². The summed E-state index contributed by atoms with van der Waals surface area (Å²) in [6.07, 6.45) is 1.86. The van der Waals surface area contributed by atoms with E-state index in [0.29, 0.717) is 19.8 Å². The van der Waals surface area contributed by atoms with E-state index in [4.69, 9.17) is 10.5 Å². The third kappa shape index (κ3) is 1.66. The molecular formula is C13H15N3O. The Bertz CT molecular complexity index is 497. The molecule has 17 heavy (non-hydrogen) atoms. The minimum Gasteiger partial charge on any atom is -0.379 e. The largest absolute Gasteiger partial charge is 0.379 e. The molecule has 1 aromatic heterocycles. The van der Waals surface area contributed by atoms with Crippen LogP contribution >= 0.6 is 0 Å². The van der Waals surface area contributed by atoms with E-state index in [-0.39, 0.29) is 5.41 Å². The normalized spacial score (nSPS) is 17.7. The lowest BCUT2D eigenvalue weighted by atomic mass is 9.85. The highest BCUT2D eigenvalue weighted by molar-refractivity contribution is 5.58. The maximum Gasteiger partial charge on any atom is 0.118 e. The fraction of sp³-hybridized carbons (Fsp3) is 0.308. The maximum atomic E-state index is 5.81. The SMILES string of the molecule is NCC1(c2ncc(-c3ccccc3)[nH]2)COC1. The zero-order valence-corrected chi connectivity index (χ0v) is 9.52. The van der Waals surface area contributed by atoms with E-state index >= 15 is 0 Å². The van der Waals surface area contributed by atoms with Gasteiger partial charge < -0.3 is 15.5 Å². The average Bonchev–Trinajstić information content (AvgIpc) is 2.80. The first-order valence-electron chi connectivity index (χ1n) is 5.73. The van der Waals surface area contributed by atoms with Crippen molar-refractivity contribution < 1.29 is 4.74 Å². The predicted molar refractivity (Wildman–Crippen MR) is 65.6 cm³/mol. The molecular weight excluding hydrogens is 214 g/mol. The van der Waals surface area contributed by atoms with E-state index in [1.807, 2.05) is 24.4 Å². The molecule has 0 amide bonds. The molecule has 1 aromatic carbocycles. The Hall–Kier alpha value is -1.65. The Kier molecular flexibility index (Phi) is 2.46. The summed E-state index contributed by atoms with van der Waals surface area (Å²) >= 11 is 0. The van der Waals surface area contributed by atoms with Crippen molar-refractivity contribution in [3.05, 3.63) is 42.4 Å². The van der Waals surface area contributed by atoms with Crippen molar-refractivity contribution in [1.29, 1.82) is 0 Å². The second-order valence-electron chi connectivity index (χ2n) is 4.49. The van der Waals surface area contributed by atoms with Crippen LogP contribution in [0.25, 0.3) is 11.3 Å². The van der Waals surface area contributed by atoms with Gasteiger partial charge in [0.25, 0.3) is 0 Å². The zero-order valence-electron chi connectivity index (χ0n) is 9.52. The van der Waals surface area contributed by atoms with Gasteiger partial charge in [-0.1, -0.05) is 30.3 Å². The topological polar surface area (TPSA) is 63.9 Å². The van der Waals surface area contributed by atoms with Crippen molar-refractivity contribution in [2.75, 3.05) is 19.8 Å². The van der Waals surface area contributed by atoms with Gasteiger partial charge in [-0.2, -0.15) is 0 Å². The molecule has 0 saturated carbocycles. The summed E-state index contributed by atoms with van der Waals surface area (Å²) in [5.74, 6) is 0.935. The van der Waals surface area contributed by atoms with Gasteiger partial charge in [0.1, 0.15) is 5.82 Å². The quantitative estimate of drug-likeness (QED) is 0.834. The van der Waals surface area contributed by atoms with Crippen LogP contribution in [0.2, 0.25) is 0 Å². The lowest BCUT2D eigenvalue weighted by Crippen LogP contribution is -2.52. The van der Waals surface area contributed by atoms with E-state index in [9.17, 15) is 0 Å². The van der Waals surface area contributed by atoms with Crippen LogP contribution in [0.15, 0.2) is 36.5 Å². The highest BCUT2D eigenvalue weighted by Crippen LogP contribution is 2.30. The summed E-state index contributed by atoms with van der Waals surface area (Å²) in [5, 5.41) is 0. The molecule has 0 unspecified atom stereocenters. The number of hydrogen-bond donors (Lipinski definition) is 2. The van der Waals surface area contributed by atoms with Crippen LogP contribution in [0, 0.1) is 0 Å². The van der Waals surface area contributed by atoms with Crippen molar-refractivity contribution in [1.82, 2.24) is 9.97 Å². The molecule has 1 saturated heterocycles. The van der Waals surface area contributed by atoms with E-state index < -0.39 is 0 Å². The molecule has 0 spiro atoms. The summed E-state index contributed by atoms with van der Waals surface area (Å²) in [6, 6.07) is 10.2. The summed E-state index contributed by atoms with van der Waals surface area (Å²) < 4.78 is 5.26. The minimum atomic E-state index is -0.104. The summed E-state index contributed by atoms with van der Waals surface area (Å²) in [4.78, 5) is 7.79. The maximum absolute atomic E-state index is 5.81. The molecule has 1 aliphatic rings. The van der Waals surface area contributed by atoms with Crippen LogP contribution in [-0.2, 0) is 10.2 Å². The Balaban J connectivity index is 1.93. The van der Waals surface area contributed by atoms with Crippen molar-refractivity contribution >= 4 is 0 Å². The molecule has 0 radical (unpaired) electrons. The fourth-order valence-corrected chi connectivity index (χ4v) is 2.05. The Morgan fingerprint density at radius 1 is 1.29 bits per heavy atom. The van der Waals surface area contributed by atoms with Gasteiger partial charge in [-0.15, -0.1) is 0 Å². The van der Waals surface area contributed by atoms with Gasteiger partial charge in [-0.3, -0.25) is 0 Å². The van der Waals surface area contributed by atoms with Crippen molar-refractivity contribution in [2.45, 2.75) is 5.41 Å². The number of ether oxygens (including phenoxy) is 1. The van der Waals surface area contributed by atoms with Crippen molar-refractivity contribution in [3.63, 3.8) is 0 Å². The van der Waals surface area contributed by atoms with Gasteiger partial charge in [0, 0.05) is 6.54 Å². The second-order valence-corrected chi connectivity index (χ2v) is 4.49. The minimum absolute atomic E-state index is 0.104. The van der Waals surface area contributed by atoms with Crippen LogP contribution in [0.5, 0.6) is 0 Å². The van der Waals surface area contributed by atoms with Gasteiger partial charge in [-0.05, 0) is 5.56 Å². The van der Waals surface area contributed by atoms with Crippen LogP contribution in [0.4, 0.5) is 0 Å². The molecule has 0 aliphatic carbocycles. The number of hydrogen-bond acceptors (Lipinski definition) is 3. The lowest BCUT2D eigenvalue weighted by molar-refractivity contribution is -0.0589. The molecule has 2 heterocycles. The number of nitrogens with zero attached hydrogens (tertiary/aromatic N) is 1. The van der Waals surface area contributed by atoms with E-state index in [1.54, 1.807) is 0 Å². The number of nitrogens with one attached hydrogen (secondary N) is 1. The van der Waals surface area contributed by atoms with Crippen LogP contribution in [0.1, 0.15) is 5.82 Å². The number of aromatic nitrogens is 2. The summed E-state index contributed by atoms with van der Waals surface area (Å²) in [5.41, 5.74) is 7.87. The van der Waals surface area contributed by atoms with Gasteiger partial charge in [-0.25, -0.2) is 4.98 Å². The van der Waals surface area contributed by atoms with Gasteiger partial charge >= 0.3 is 0 Å². The first-order valence-corrected chi connectivity index (χ1v) is 5.73. The van der Waals surface area contributed by atoms with Crippen molar-refractivity contribution in [2.24, 2.45) is 5.73 Å². The van der Waals surface area contributed by atoms with Gasteiger partial charge in [0.15, 0.2) is 0 Å². The molecule has 0 atom stereocenters. The Labute approximate surface area is 99.8 Å². The van der Waals surface area contributed by atoms with E-state index in [2.05, 4.69) is 22.1 Å². The summed E-state index contributed by atoms with van der Waals surface area (Å²) in [7, 11) is 0. The number of benzene rings is 1. The van der Waals surface area contributed by atoms with Crippen LogP contribution in [0.3, 0.4) is 0 Å². The third-order valence-electron chi connectivity index (χ3n) is 3.31. The second kappa shape index (κ2) is 3.98. The molecule has 0 bridgehead atoms. The number of H-pyrrole nitrogens is 1. The van der Waals surface area contributed by atoms with E-state index in [0.717, 1.165) is 17.1 Å². The van der Waals surface area contributed by atoms with Crippen molar-refractivity contribution in [3.8, 4) is 11.3 Å². The third-order valence-corrected chi connectivity index (χ3v) is 3.31. The first-order chi connectivity index (χ1) is 8.34. The lowest BCUT2D eigenvalue weighted by Gasteiger charge is -2.38. The molecule has 1 aliphatic heterocycles.